The van der Waals surface area contributed by atoms with E-state index in [-0.39, 0.29) is 6.54 Å². The van der Waals surface area contributed by atoms with E-state index < -0.39 is 5.71 Å². The van der Waals surface area contributed by atoms with Crippen molar-refractivity contribution in [3.8, 4) is 0 Å². The van der Waals surface area contributed by atoms with Gasteiger partial charge >= 0.3 is 4.24 Å². The van der Waals surface area contributed by atoms with Crippen molar-refractivity contribution in [3.05, 3.63) is 0 Å². The van der Waals surface area contributed by atoms with Gasteiger partial charge in [-0.05, 0) is 6.42 Å². The predicted molar refractivity (Wildman–Crippen MR) is 18.0 cm³/mol. The van der Waals surface area contributed by atoms with Crippen LogP contribution in [-0.4, -0.2) is 6.54 Å². The van der Waals surface area contributed by atoms with Crippen LogP contribution in [0, 0.1) is 0 Å². The lowest BCUT2D eigenvalue weighted by atomic mass is 10.5. The number of rotatable bonds is 2. The van der Waals surface area contributed by atoms with E-state index in [0.717, 1.165) is 6.42 Å². The molecule has 0 aliphatic rings. The molecule has 0 rings (SSSR count). The van der Waals surface area contributed by atoms with E-state index in [0.29, 0.717) is 0 Å². The zero-order valence-electron chi connectivity index (χ0n) is 5.86. The Morgan fingerprint density at radius 3 is 3.00 bits per heavy atom. The Labute approximate surface area is 31.2 Å². The first-order chi connectivity index (χ1) is 3.06. The molecule has 0 atom stereocenters. The van der Waals surface area contributed by atoms with Crippen molar-refractivity contribution in [2.75, 3.05) is 6.54 Å². The van der Waals surface area contributed by atoms with Gasteiger partial charge in [-0.15, -0.1) is 0 Å². The summed E-state index contributed by atoms with van der Waals surface area (Å²) in [5, 5.41) is 0. The van der Waals surface area contributed by atoms with Gasteiger partial charge in [0.15, 0.2) is 0 Å². The third-order valence-corrected chi connectivity index (χ3v) is 0.224. The predicted octanol–water partition coefficient (Wildman–Crippen LogP) is -0.362. The van der Waals surface area contributed by atoms with Crippen LogP contribution in [0.25, 0.3) is 0 Å². The summed E-state index contributed by atoms with van der Waals surface area (Å²) in [6, 6.07) is 0. The third kappa shape index (κ3) is 1.96. The van der Waals surface area contributed by atoms with Gasteiger partial charge in [0.25, 0.3) is 0 Å². The summed E-state index contributed by atoms with van der Waals surface area (Å²) in [5.74, 6) is 0. The van der Waals surface area contributed by atoms with Crippen molar-refractivity contribution in [3.63, 3.8) is 0 Å². The molecule has 0 amide bonds. The molecule has 3 N–H and O–H groups in total. The molecule has 0 heterocycles. The Kier molecular flexibility index (Phi) is 0.723. The summed E-state index contributed by atoms with van der Waals surface area (Å²) in [6.45, 7) is 2.13. The highest BCUT2D eigenvalue weighted by atomic mass is 14.5. The summed E-state index contributed by atoms with van der Waals surface area (Å²) in [6.07, 6.45) is 0.719. The van der Waals surface area contributed by atoms with Crippen molar-refractivity contribution in [1.82, 2.24) is 0 Å². The maximum atomic E-state index is 6.60. The van der Waals surface area contributed by atoms with Gasteiger partial charge < -0.3 is 5.71 Å². The standard InChI is InChI=1S/C3H9N/c1-2-3-4/h2-4H2,1H3/p+1/i/hD3. The minimum atomic E-state index is -1.16. The van der Waals surface area contributed by atoms with Crippen molar-refractivity contribution >= 4 is 0 Å². The summed E-state index contributed by atoms with van der Waals surface area (Å²) in [7, 11) is 0. The molecule has 1 heteroatoms. The Morgan fingerprint density at radius 1 is 2.25 bits per heavy atom. The highest BCUT2D eigenvalue weighted by Gasteiger charge is 1.59. The fourth-order valence-electron chi connectivity index (χ4n) is 0. The molecule has 1 nitrogen and oxygen atoms in total. The Morgan fingerprint density at radius 2 is 3.00 bits per heavy atom. The fourth-order valence-corrected chi connectivity index (χ4v) is 0. The zero-order chi connectivity index (χ0) is 5.91. The largest absolute Gasteiger partial charge is 0.358 e. The average Bonchev–Trinajstić information content (AvgIpc) is 1.30. The second-order valence-electron chi connectivity index (χ2n) is 0.724. The second-order valence-corrected chi connectivity index (χ2v) is 0.724. The lowest BCUT2D eigenvalue weighted by molar-refractivity contribution is -0.367. The van der Waals surface area contributed by atoms with Gasteiger partial charge in [-0.1, -0.05) is 6.92 Å². The van der Waals surface area contributed by atoms with Crippen LogP contribution < -0.4 is 5.71 Å². The molecule has 0 aromatic carbocycles. The normalized spacial score (nSPS) is 21.8. The molecule has 0 radical (unpaired) electrons. The molecule has 0 aliphatic heterocycles. The molecular formula is C3H10N+. The van der Waals surface area contributed by atoms with Gasteiger partial charge in [-0.2, -0.15) is 0 Å². The maximum Gasteiger partial charge on any atom is 0.344 e. The first-order valence-electron chi connectivity index (χ1n) is 2.86. The Hall–Kier alpha value is -0.0400. The van der Waals surface area contributed by atoms with E-state index in [2.05, 4.69) is 0 Å². The topological polar surface area (TPSA) is 27.6 Å². The lowest BCUT2D eigenvalue weighted by Gasteiger charge is -1.66. The van der Waals surface area contributed by atoms with E-state index in [4.69, 9.17) is 4.24 Å². The van der Waals surface area contributed by atoms with Crippen LogP contribution >= 0.6 is 0 Å². The highest BCUT2D eigenvalue weighted by molar-refractivity contribution is 4.07. The summed E-state index contributed by atoms with van der Waals surface area (Å²) >= 11 is 0. The summed E-state index contributed by atoms with van der Waals surface area (Å²) < 4.78 is 19.8. The second kappa shape index (κ2) is 2.96. The summed E-state index contributed by atoms with van der Waals surface area (Å²) in [5.41, 5.74) is -1.16. The van der Waals surface area contributed by atoms with Gasteiger partial charge in [-0.25, -0.2) is 0 Å². The van der Waals surface area contributed by atoms with Crippen molar-refractivity contribution in [2.24, 2.45) is 0 Å². The molecular weight excluding hydrogens is 50.0 g/mol. The first-order valence-corrected chi connectivity index (χ1v) is 1.52. The van der Waals surface area contributed by atoms with E-state index in [1.807, 2.05) is 6.92 Å². The smallest absolute Gasteiger partial charge is 0.344 e. The molecule has 4 heavy (non-hydrogen) atoms. The van der Waals surface area contributed by atoms with Crippen LogP contribution in [0.2, 0.25) is 4.24 Å². The Balaban J connectivity index is 3.15. The molecule has 0 saturated heterocycles. The number of hydrogen-bond donors (Lipinski definition) is 1. The molecule has 0 unspecified atom stereocenters. The fraction of sp³-hybridized carbons (Fsp3) is 1.00. The molecule has 0 aliphatic carbocycles. The van der Waals surface area contributed by atoms with Gasteiger partial charge in [0.2, 0.25) is 0 Å². The molecule has 0 saturated carbocycles. The third-order valence-electron chi connectivity index (χ3n) is 0.224. The van der Waals surface area contributed by atoms with Crippen LogP contribution in [0.3, 0.4) is 0 Å². The van der Waals surface area contributed by atoms with Crippen LogP contribution in [0.15, 0.2) is 0 Å². The van der Waals surface area contributed by atoms with E-state index in [9.17, 15) is 0 Å². The minimum Gasteiger partial charge on any atom is -0.358 e. The van der Waals surface area contributed by atoms with Gasteiger partial charge in [0.1, 0.15) is 0 Å². The van der Waals surface area contributed by atoms with Crippen LogP contribution in [0.1, 0.15) is 13.3 Å². The first kappa shape index (κ1) is 0.977. The number of quaternary nitrogens is 1. The lowest BCUT2D eigenvalue weighted by Crippen LogP contribution is -2.49. The van der Waals surface area contributed by atoms with Gasteiger partial charge in [0, 0.05) is 0 Å². The van der Waals surface area contributed by atoms with Crippen LogP contribution in [0.5, 0.6) is 0 Å². The monoisotopic (exact) mass is 63.1 g/mol. The zero-order valence-corrected chi connectivity index (χ0v) is 2.86. The molecule has 26 valence electrons. The molecule has 0 aromatic rings. The van der Waals surface area contributed by atoms with Gasteiger partial charge in [0.05, 0.1) is 6.54 Å². The van der Waals surface area contributed by atoms with Crippen LogP contribution in [-0.2, 0) is 0 Å². The Bertz CT molecular complexity index is 48.6. The van der Waals surface area contributed by atoms with E-state index >= 15 is 0 Å². The van der Waals surface area contributed by atoms with Crippen LogP contribution in [0.4, 0.5) is 0 Å². The highest BCUT2D eigenvalue weighted by Crippen LogP contribution is 1.54. The van der Waals surface area contributed by atoms with Crippen molar-refractivity contribution in [2.45, 2.75) is 13.3 Å². The van der Waals surface area contributed by atoms with Crippen molar-refractivity contribution < 1.29 is 9.95 Å². The van der Waals surface area contributed by atoms with E-state index in [1.165, 1.54) is 0 Å². The van der Waals surface area contributed by atoms with Crippen molar-refractivity contribution in [1.29, 1.82) is 0 Å². The average molecular weight is 63.1 g/mol. The molecule has 0 fully saturated rings. The van der Waals surface area contributed by atoms with E-state index in [1.54, 1.807) is 0 Å². The number of hydrogen-bond acceptors (Lipinski definition) is 0. The quantitative estimate of drug-likeness (QED) is 0.453. The molecule has 0 bridgehead atoms. The maximum absolute atomic E-state index is 6.60. The molecule has 0 aromatic heterocycles. The minimum absolute atomic E-state index is 0.278. The SMILES string of the molecule is [2H][N+]([2H])([2H])CCC. The molecule has 0 spiro atoms. The summed E-state index contributed by atoms with van der Waals surface area (Å²) in [4.78, 5) is 0. The van der Waals surface area contributed by atoms with Gasteiger partial charge in [-0.3, -0.25) is 0 Å².